The Morgan fingerprint density at radius 2 is 1.89 bits per heavy atom. The van der Waals surface area contributed by atoms with Crippen LogP contribution in [-0.2, 0) is 4.79 Å². The first kappa shape index (κ1) is 12.8. The van der Waals surface area contributed by atoms with Crippen molar-refractivity contribution in [3.63, 3.8) is 0 Å². The number of aryl methyl sites for hydroxylation is 1. The molecule has 2 aromatic rings. The summed E-state index contributed by atoms with van der Waals surface area (Å²) in [5.74, 6) is 0.0354. The molecule has 1 amide bonds. The molecule has 1 aliphatic rings. The van der Waals surface area contributed by atoms with Crippen LogP contribution in [0.1, 0.15) is 16.4 Å². The predicted octanol–water partition coefficient (Wildman–Crippen LogP) is 4.54. The number of hydrogen-bond acceptors (Lipinski definition) is 2. The van der Waals surface area contributed by atoms with Crippen molar-refractivity contribution in [3.8, 4) is 0 Å². The zero-order valence-corrected chi connectivity index (χ0v) is 12.7. The Morgan fingerprint density at radius 3 is 2.63 bits per heavy atom. The van der Waals surface area contributed by atoms with Crippen molar-refractivity contribution in [1.82, 2.24) is 0 Å². The molecule has 1 aliphatic heterocycles. The first-order valence-corrected chi connectivity index (χ1v) is 7.65. The molecule has 0 fully saturated rings. The average molecular weight is 334 g/mol. The van der Waals surface area contributed by atoms with Crippen LogP contribution in [0.15, 0.2) is 51.8 Å². The molecule has 1 N–H and O–H groups in total. The van der Waals surface area contributed by atoms with E-state index in [2.05, 4.69) is 21.2 Å². The van der Waals surface area contributed by atoms with Crippen molar-refractivity contribution in [3.05, 3.63) is 58.1 Å². The molecule has 1 atom stereocenters. The van der Waals surface area contributed by atoms with E-state index in [0.29, 0.717) is 0 Å². The maximum Gasteiger partial charge on any atom is 0.242 e. The van der Waals surface area contributed by atoms with Gasteiger partial charge >= 0.3 is 0 Å². The van der Waals surface area contributed by atoms with Crippen LogP contribution in [0.3, 0.4) is 0 Å². The van der Waals surface area contributed by atoms with Crippen LogP contribution < -0.4 is 5.32 Å². The third-order valence-electron chi connectivity index (χ3n) is 3.09. The Labute approximate surface area is 124 Å². The summed E-state index contributed by atoms with van der Waals surface area (Å²) in [5, 5.41) is 2.81. The molecule has 4 heteroatoms. The highest BCUT2D eigenvalue weighted by molar-refractivity contribution is 9.10. The number of amides is 1. The van der Waals surface area contributed by atoms with E-state index in [1.165, 1.54) is 5.56 Å². The number of nitrogens with one attached hydrogen (secondary N) is 1. The quantitative estimate of drug-likeness (QED) is 0.829. The summed E-state index contributed by atoms with van der Waals surface area (Å²) in [4.78, 5) is 13.3. The lowest BCUT2D eigenvalue weighted by Gasteiger charge is -2.25. The zero-order chi connectivity index (χ0) is 13.4. The van der Waals surface area contributed by atoms with Gasteiger partial charge in [-0.05, 0) is 40.5 Å². The van der Waals surface area contributed by atoms with E-state index in [1.807, 2.05) is 49.4 Å². The number of para-hydroxylation sites is 1. The van der Waals surface area contributed by atoms with E-state index < -0.39 is 0 Å². The van der Waals surface area contributed by atoms with Gasteiger partial charge in [-0.25, -0.2) is 0 Å². The molecule has 96 valence electrons. The molecule has 2 aromatic carbocycles. The number of hydrogen-bond donors (Lipinski definition) is 1. The minimum Gasteiger partial charge on any atom is -0.323 e. The van der Waals surface area contributed by atoms with E-state index in [9.17, 15) is 4.79 Å². The number of benzene rings is 2. The van der Waals surface area contributed by atoms with Gasteiger partial charge in [-0.1, -0.05) is 35.9 Å². The summed E-state index contributed by atoms with van der Waals surface area (Å²) in [7, 11) is 0. The van der Waals surface area contributed by atoms with E-state index in [1.54, 1.807) is 11.8 Å². The molecule has 0 spiro atoms. The minimum absolute atomic E-state index is 0.0354. The largest absolute Gasteiger partial charge is 0.323 e. The molecule has 1 heterocycles. The topological polar surface area (TPSA) is 29.1 Å². The maximum absolute atomic E-state index is 12.2. The van der Waals surface area contributed by atoms with Crippen LogP contribution >= 0.6 is 27.7 Å². The lowest BCUT2D eigenvalue weighted by molar-refractivity contribution is -0.115. The number of carbonyl (C=O) groups excluding carboxylic acids is 1. The highest BCUT2D eigenvalue weighted by Crippen LogP contribution is 2.46. The predicted molar refractivity (Wildman–Crippen MR) is 82.5 cm³/mol. The minimum atomic E-state index is -0.178. The normalized spacial score (nSPS) is 17.8. The van der Waals surface area contributed by atoms with Gasteiger partial charge in [-0.15, -0.1) is 11.8 Å². The molecule has 0 bridgehead atoms. The number of thioether (sulfide) groups is 1. The summed E-state index contributed by atoms with van der Waals surface area (Å²) in [6.45, 7) is 2.05. The summed E-state index contributed by atoms with van der Waals surface area (Å²) < 4.78 is 0.924. The fourth-order valence-electron chi connectivity index (χ4n) is 2.05. The van der Waals surface area contributed by atoms with Crippen LogP contribution in [0.25, 0.3) is 0 Å². The summed E-state index contributed by atoms with van der Waals surface area (Å²) in [5.41, 5.74) is 3.12. The van der Waals surface area contributed by atoms with Gasteiger partial charge in [0.05, 0.1) is 5.69 Å². The monoisotopic (exact) mass is 333 g/mol. The fraction of sp³-hybridized carbons (Fsp3) is 0.133. The Morgan fingerprint density at radius 1 is 1.16 bits per heavy atom. The average Bonchev–Trinajstić information content (AvgIpc) is 2.40. The van der Waals surface area contributed by atoms with Crippen molar-refractivity contribution >= 4 is 39.3 Å². The Bertz CT molecular complexity index is 639. The van der Waals surface area contributed by atoms with Crippen LogP contribution in [0, 0.1) is 6.92 Å². The van der Waals surface area contributed by atoms with Crippen LogP contribution in [0.5, 0.6) is 0 Å². The first-order chi connectivity index (χ1) is 9.15. The second-order valence-electron chi connectivity index (χ2n) is 4.51. The van der Waals surface area contributed by atoms with E-state index >= 15 is 0 Å². The molecule has 0 aromatic heterocycles. The Hall–Kier alpha value is -1.26. The number of anilines is 1. The second kappa shape index (κ2) is 5.02. The third-order valence-corrected chi connectivity index (χ3v) is 5.06. The van der Waals surface area contributed by atoms with Gasteiger partial charge in [0.2, 0.25) is 5.91 Å². The Balaban J connectivity index is 1.98. The zero-order valence-electron chi connectivity index (χ0n) is 10.3. The van der Waals surface area contributed by atoms with Crippen molar-refractivity contribution in [2.45, 2.75) is 17.1 Å². The molecular formula is C15H12BrNOS. The molecule has 3 rings (SSSR count). The second-order valence-corrected chi connectivity index (χ2v) is 6.51. The summed E-state index contributed by atoms with van der Waals surface area (Å²) in [6.07, 6.45) is 0. The maximum atomic E-state index is 12.2. The third kappa shape index (κ3) is 2.42. The molecule has 0 radical (unpaired) electrons. The van der Waals surface area contributed by atoms with Gasteiger partial charge in [0, 0.05) is 9.37 Å². The molecule has 2 nitrogen and oxygen atoms in total. The van der Waals surface area contributed by atoms with Gasteiger partial charge in [0.15, 0.2) is 0 Å². The van der Waals surface area contributed by atoms with Crippen LogP contribution in [0.2, 0.25) is 0 Å². The standard InChI is InChI=1S/C15H12BrNOS/c1-9-5-7-10(8-6-9)14-15(18)17-13-11(16)3-2-4-12(13)19-14/h2-8,14H,1H3,(H,17,18). The van der Waals surface area contributed by atoms with Crippen molar-refractivity contribution in [2.24, 2.45) is 0 Å². The SMILES string of the molecule is Cc1ccc(C2Sc3cccc(Br)c3NC2=O)cc1. The highest BCUT2D eigenvalue weighted by Gasteiger charge is 2.29. The van der Waals surface area contributed by atoms with Gasteiger partial charge in [0.1, 0.15) is 5.25 Å². The van der Waals surface area contributed by atoms with Gasteiger partial charge in [-0.2, -0.15) is 0 Å². The lowest BCUT2D eigenvalue weighted by atomic mass is 10.1. The number of halogens is 1. The Kier molecular flexibility index (Phi) is 3.37. The van der Waals surface area contributed by atoms with E-state index in [0.717, 1.165) is 20.6 Å². The van der Waals surface area contributed by atoms with E-state index in [-0.39, 0.29) is 11.2 Å². The first-order valence-electron chi connectivity index (χ1n) is 5.98. The van der Waals surface area contributed by atoms with Gasteiger partial charge < -0.3 is 5.32 Å². The smallest absolute Gasteiger partial charge is 0.242 e. The summed E-state index contributed by atoms with van der Waals surface area (Å²) >= 11 is 5.06. The fourth-order valence-corrected chi connectivity index (χ4v) is 3.80. The number of fused-ring (bicyclic) bond motifs is 1. The van der Waals surface area contributed by atoms with Crippen LogP contribution in [-0.4, -0.2) is 5.91 Å². The molecule has 0 aliphatic carbocycles. The highest BCUT2D eigenvalue weighted by atomic mass is 79.9. The molecular weight excluding hydrogens is 322 g/mol. The molecule has 19 heavy (non-hydrogen) atoms. The summed E-state index contributed by atoms with van der Waals surface area (Å²) in [6, 6.07) is 14.1. The molecule has 0 saturated heterocycles. The molecule has 1 unspecified atom stereocenters. The van der Waals surface area contributed by atoms with Gasteiger partial charge in [-0.3, -0.25) is 4.79 Å². The molecule has 0 saturated carbocycles. The van der Waals surface area contributed by atoms with Gasteiger partial charge in [0.25, 0.3) is 0 Å². The number of carbonyl (C=O) groups is 1. The van der Waals surface area contributed by atoms with Crippen molar-refractivity contribution < 1.29 is 4.79 Å². The van der Waals surface area contributed by atoms with Crippen molar-refractivity contribution in [1.29, 1.82) is 0 Å². The van der Waals surface area contributed by atoms with E-state index in [4.69, 9.17) is 0 Å². The number of rotatable bonds is 1. The van der Waals surface area contributed by atoms with Crippen molar-refractivity contribution in [2.75, 3.05) is 5.32 Å². The van der Waals surface area contributed by atoms with Crippen LogP contribution in [0.4, 0.5) is 5.69 Å². The lowest BCUT2D eigenvalue weighted by Crippen LogP contribution is -2.23.